The van der Waals surface area contributed by atoms with Crippen LogP contribution in [-0.4, -0.2) is 29.8 Å². The normalized spacial score (nSPS) is 13.2. The molecule has 0 fully saturated rings. The Morgan fingerprint density at radius 2 is 1.55 bits per heavy atom. The third-order valence-electron chi connectivity index (χ3n) is 4.45. The van der Waals surface area contributed by atoms with Gasteiger partial charge in [-0.25, -0.2) is 4.39 Å². The molecule has 2 atom stereocenters. The molecular weight excluding hydrogens is 418 g/mol. The molecule has 0 aliphatic rings. The van der Waals surface area contributed by atoms with Crippen LogP contribution in [0, 0.1) is 5.82 Å². The molecule has 0 unspecified atom stereocenters. The molecule has 0 spiro atoms. The van der Waals surface area contributed by atoms with E-state index in [0.29, 0.717) is 5.56 Å². The number of hydrogen-bond donors (Lipinski definition) is 3. The lowest BCUT2D eigenvalue weighted by Gasteiger charge is -2.23. The summed E-state index contributed by atoms with van der Waals surface area (Å²) in [5, 5.41) is 4.72. The van der Waals surface area contributed by atoms with Crippen molar-refractivity contribution in [2.45, 2.75) is 38.0 Å². The van der Waals surface area contributed by atoms with Crippen molar-refractivity contribution < 1.29 is 31.9 Å². The van der Waals surface area contributed by atoms with Gasteiger partial charge in [-0.3, -0.25) is 14.4 Å². The molecule has 0 saturated carbocycles. The van der Waals surface area contributed by atoms with Crippen LogP contribution >= 0.6 is 0 Å². The fraction of sp³-hybridized carbons (Fsp3) is 0.286. The first-order chi connectivity index (χ1) is 14.5. The molecule has 0 saturated heterocycles. The first-order valence-electron chi connectivity index (χ1n) is 9.23. The molecule has 0 radical (unpaired) electrons. The van der Waals surface area contributed by atoms with Crippen molar-refractivity contribution in [2.24, 2.45) is 5.73 Å². The number of halogens is 4. The Morgan fingerprint density at radius 3 is 2.10 bits per heavy atom. The van der Waals surface area contributed by atoms with Crippen LogP contribution in [0.5, 0.6) is 0 Å². The molecule has 0 aliphatic heterocycles. The fourth-order valence-corrected chi connectivity index (χ4v) is 3.00. The summed E-state index contributed by atoms with van der Waals surface area (Å²) in [7, 11) is 0. The van der Waals surface area contributed by atoms with Crippen LogP contribution in [0.2, 0.25) is 0 Å². The van der Waals surface area contributed by atoms with E-state index in [2.05, 4.69) is 10.6 Å². The molecular formula is C21H21F4N3O3. The van der Waals surface area contributed by atoms with Crippen molar-refractivity contribution in [3.8, 4) is 0 Å². The van der Waals surface area contributed by atoms with Crippen LogP contribution in [0.15, 0.2) is 48.5 Å². The van der Waals surface area contributed by atoms with E-state index in [4.69, 9.17) is 5.73 Å². The number of nitrogens with two attached hydrogens (primary N) is 1. The predicted octanol–water partition coefficient (Wildman–Crippen LogP) is 2.10. The molecule has 2 rings (SSSR count). The van der Waals surface area contributed by atoms with E-state index in [0.717, 1.165) is 6.07 Å². The van der Waals surface area contributed by atoms with Gasteiger partial charge in [0.15, 0.2) is 0 Å². The third-order valence-corrected chi connectivity index (χ3v) is 4.45. The number of rotatable bonds is 8. The van der Waals surface area contributed by atoms with Crippen LogP contribution in [0.1, 0.15) is 23.6 Å². The zero-order valence-corrected chi connectivity index (χ0v) is 16.5. The molecule has 0 aromatic heterocycles. The van der Waals surface area contributed by atoms with Crippen LogP contribution in [-0.2, 0) is 33.4 Å². The second-order valence-corrected chi connectivity index (χ2v) is 6.91. The minimum Gasteiger partial charge on any atom is -0.368 e. The lowest BCUT2D eigenvalue weighted by Crippen LogP contribution is -2.54. The summed E-state index contributed by atoms with van der Waals surface area (Å²) >= 11 is 0. The van der Waals surface area contributed by atoms with Gasteiger partial charge in [-0.15, -0.1) is 0 Å². The number of benzene rings is 2. The summed E-state index contributed by atoms with van der Waals surface area (Å²) in [5.74, 6) is -2.87. The summed E-state index contributed by atoms with van der Waals surface area (Å²) in [4.78, 5) is 36.0. The Labute approximate surface area is 175 Å². The maximum Gasteiger partial charge on any atom is 0.416 e. The quantitative estimate of drug-likeness (QED) is 0.549. The third kappa shape index (κ3) is 7.09. The molecule has 6 nitrogen and oxygen atoms in total. The van der Waals surface area contributed by atoms with E-state index in [1.54, 1.807) is 0 Å². The molecule has 4 N–H and O–H groups in total. The molecule has 10 heteroatoms. The smallest absolute Gasteiger partial charge is 0.368 e. The monoisotopic (exact) mass is 439 g/mol. The number of alkyl halides is 3. The van der Waals surface area contributed by atoms with Gasteiger partial charge in [-0.05, 0) is 29.3 Å². The molecule has 31 heavy (non-hydrogen) atoms. The van der Waals surface area contributed by atoms with Gasteiger partial charge in [-0.1, -0.05) is 30.3 Å². The van der Waals surface area contributed by atoms with Gasteiger partial charge in [-0.2, -0.15) is 13.2 Å². The van der Waals surface area contributed by atoms with Crippen LogP contribution in [0.25, 0.3) is 0 Å². The first kappa shape index (κ1) is 23.8. The number of carbonyl (C=O) groups excluding carboxylic acids is 3. The molecule has 2 aromatic carbocycles. The zero-order valence-electron chi connectivity index (χ0n) is 16.5. The number of amides is 3. The van der Waals surface area contributed by atoms with Crippen molar-refractivity contribution in [1.82, 2.24) is 10.6 Å². The lowest BCUT2D eigenvalue weighted by molar-refractivity contribution is -0.138. The summed E-state index contributed by atoms with van der Waals surface area (Å²) in [6.07, 6.45) is -5.17. The maximum atomic E-state index is 13.2. The number of hydrogen-bond acceptors (Lipinski definition) is 3. The molecule has 0 aliphatic carbocycles. The van der Waals surface area contributed by atoms with Gasteiger partial charge in [0.05, 0.1) is 5.56 Å². The Morgan fingerprint density at radius 1 is 0.935 bits per heavy atom. The number of carbonyl (C=O) groups is 3. The lowest BCUT2D eigenvalue weighted by atomic mass is 9.98. The average Bonchev–Trinajstić information content (AvgIpc) is 2.67. The largest absolute Gasteiger partial charge is 0.416 e. The van der Waals surface area contributed by atoms with Crippen molar-refractivity contribution in [2.75, 3.05) is 0 Å². The highest BCUT2D eigenvalue weighted by molar-refractivity contribution is 5.91. The van der Waals surface area contributed by atoms with Gasteiger partial charge < -0.3 is 16.4 Å². The van der Waals surface area contributed by atoms with Gasteiger partial charge in [0, 0.05) is 19.8 Å². The van der Waals surface area contributed by atoms with E-state index < -0.39 is 53.8 Å². The Hall–Kier alpha value is -3.43. The highest BCUT2D eigenvalue weighted by Gasteiger charge is 2.34. The van der Waals surface area contributed by atoms with Crippen LogP contribution in [0.4, 0.5) is 17.6 Å². The Balaban J connectivity index is 2.21. The summed E-state index contributed by atoms with van der Waals surface area (Å²) < 4.78 is 52.8. The highest BCUT2D eigenvalue weighted by Crippen LogP contribution is 2.32. The van der Waals surface area contributed by atoms with Crippen molar-refractivity contribution in [3.63, 3.8) is 0 Å². The average molecular weight is 439 g/mol. The van der Waals surface area contributed by atoms with Crippen LogP contribution < -0.4 is 16.4 Å². The minimum atomic E-state index is -4.65. The second kappa shape index (κ2) is 10.1. The van der Waals surface area contributed by atoms with Gasteiger partial charge >= 0.3 is 6.18 Å². The number of primary amides is 1. The van der Waals surface area contributed by atoms with Crippen molar-refractivity contribution >= 4 is 17.7 Å². The van der Waals surface area contributed by atoms with E-state index >= 15 is 0 Å². The number of nitrogens with one attached hydrogen (secondary N) is 2. The first-order valence-corrected chi connectivity index (χ1v) is 9.23. The predicted molar refractivity (Wildman–Crippen MR) is 104 cm³/mol. The topological polar surface area (TPSA) is 101 Å². The summed E-state index contributed by atoms with van der Waals surface area (Å²) in [5.41, 5.74) is 4.66. The summed E-state index contributed by atoms with van der Waals surface area (Å²) in [6, 6.07) is 7.24. The minimum absolute atomic E-state index is 0.0314. The molecule has 2 aromatic rings. The second-order valence-electron chi connectivity index (χ2n) is 6.91. The fourth-order valence-electron chi connectivity index (χ4n) is 3.00. The Kier molecular flexibility index (Phi) is 7.73. The van der Waals surface area contributed by atoms with Gasteiger partial charge in [0.2, 0.25) is 17.7 Å². The van der Waals surface area contributed by atoms with Crippen LogP contribution in [0.3, 0.4) is 0 Å². The van der Waals surface area contributed by atoms with E-state index in [1.165, 1.54) is 49.4 Å². The van der Waals surface area contributed by atoms with Crippen molar-refractivity contribution in [3.05, 3.63) is 71.0 Å². The summed E-state index contributed by atoms with van der Waals surface area (Å²) in [6.45, 7) is 1.18. The molecule has 0 heterocycles. The molecule has 0 bridgehead atoms. The SMILES string of the molecule is CC(=O)N[C@@H](Cc1ccc(F)cc1)C(=O)N[C@H](Cc1ccccc1C(F)(F)F)C(N)=O. The van der Waals surface area contributed by atoms with Gasteiger partial charge in [0.25, 0.3) is 0 Å². The van der Waals surface area contributed by atoms with Crippen molar-refractivity contribution in [1.29, 1.82) is 0 Å². The van der Waals surface area contributed by atoms with E-state index in [1.807, 2.05) is 0 Å². The van der Waals surface area contributed by atoms with E-state index in [-0.39, 0.29) is 12.0 Å². The maximum absolute atomic E-state index is 13.2. The Bertz CT molecular complexity index is 946. The van der Waals surface area contributed by atoms with E-state index in [9.17, 15) is 31.9 Å². The molecule has 166 valence electrons. The zero-order chi connectivity index (χ0) is 23.2. The van der Waals surface area contributed by atoms with Gasteiger partial charge in [0.1, 0.15) is 17.9 Å². The standard InChI is InChI=1S/C21H21F4N3O3/c1-12(29)27-18(10-13-6-8-15(22)9-7-13)20(31)28-17(19(26)30)11-14-4-2-3-5-16(14)21(23,24)25/h2-9,17-18H,10-11H2,1H3,(H2,26,30)(H,27,29)(H,28,31)/t17-,18+/m1/s1. The highest BCUT2D eigenvalue weighted by atomic mass is 19.4. The molecule has 3 amide bonds.